The van der Waals surface area contributed by atoms with Gasteiger partial charge in [-0.15, -0.1) is 0 Å². The van der Waals surface area contributed by atoms with E-state index < -0.39 is 6.04 Å². The summed E-state index contributed by atoms with van der Waals surface area (Å²) in [6.07, 6.45) is 0.834. The van der Waals surface area contributed by atoms with Gasteiger partial charge in [0.1, 0.15) is 6.04 Å². The van der Waals surface area contributed by atoms with Crippen LogP contribution in [0.1, 0.15) is 36.2 Å². The molecule has 1 atom stereocenters. The zero-order valence-corrected chi connectivity index (χ0v) is 14.4. The lowest BCUT2D eigenvalue weighted by Gasteiger charge is -2.16. The Hall–Kier alpha value is -3.13. The van der Waals surface area contributed by atoms with Gasteiger partial charge in [0, 0.05) is 17.7 Å². The van der Waals surface area contributed by atoms with E-state index in [1.54, 1.807) is 37.3 Å². The third-order valence-electron chi connectivity index (χ3n) is 3.80. The summed E-state index contributed by atoms with van der Waals surface area (Å²) in [6, 6.07) is 15.7. The molecule has 0 bridgehead atoms. The maximum Gasteiger partial charge on any atom is 0.252 e. The molecular formula is C20H21N3O2. The van der Waals surface area contributed by atoms with Gasteiger partial charge >= 0.3 is 0 Å². The zero-order chi connectivity index (χ0) is 18.2. The molecule has 0 aliphatic rings. The number of rotatable bonds is 6. The lowest BCUT2D eigenvalue weighted by atomic mass is 9.95. The first-order valence-corrected chi connectivity index (χ1v) is 8.25. The molecule has 1 unspecified atom stereocenters. The quantitative estimate of drug-likeness (QED) is 0.851. The fourth-order valence-electron chi connectivity index (χ4n) is 2.47. The number of carbonyl (C=O) groups is 2. The van der Waals surface area contributed by atoms with Crippen molar-refractivity contribution < 1.29 is 9.59 Å². The molecule has 0 aromatic heterocycles. The minimum Gasteiger partial charge on any atom is -0.354 e. The number of benzene rings is 2. The van der Waals surface area contributed by atoms with Crippen LogP contribution in [0, 0.1) is 11.3 Å². The highest BCUT2D eigenvalue weighted by Gasteiger charge is 2.19. The van der Waals surface area contributed by atoms with Crippen LogP contribution in [-0.2, 0) is 4.79 Å². The van der Waals surface area contributed by atoms with Crippen LogP contribution in [0.2, 0.25) is 0 Å². The average Bonchev–Trinajstić information content (AvgIpc) is 2.65. The molecule has 0 aliphatic carbocycles. The van der Waals surface area contributed by atoms with Gasteiger partial charge in [-0.3, -0.25) is 9.59 Å². The number of carbonyl (C=O) groups excluding carboxylic acids is 2. The molecule has 2 aromatic rings. The second-order valence-corrected chi connectivity index (χ2v) is 5.69. The fourth-order valence-corrected chi connectivity index (χ4v) is 2.47. The van der Waals surface area contributed by atoms with Crippen LogP contribution in [0.3, 0.4) is 0 Å². The van der Waals surface area contributed by atoms with Crippen LogP contribution in [0.5, 0.6) is 0 Å². The van der Waals surface area contributed by atoms with Gasteiger partial charge in [-0.05, 0) is 31.0 Å². The number of nitrogens with one attached hydrogen (secondary N) is 2. The van der Waals surface area contributed by atoms with Crippen molar-refractivity contribution in [1.82, 2.24) is 10.6 Å². The summed E-state index contributed by atoms with van der Waals surface area (Å²) in [5.41, 5.74) is 2.29. The summed E-state index contributed by atoms with van der Waals surface area (Å²) in [5, 5.41) is 14.8. The Morgan fingerprint density at radius 1 is 1.08 bits per heavy atom. The van der Waals surface area contributed by atoms with Gasteiger partial charge in [-0.1, -0.05) is 43.3 Å². The van der Waals surface area contributed by atoms with Crippen molar-refractivity contribution in [3.05, 3.63) is 59.7 Å². The van der Waals surface area contributed by atoms with E-state index in [1.165, 1.54) is 0 Å². The molecule has 2 amide bonds. The Labute approximate surface area is 147 Å². The second kappa shape index (κ2) is 8.65. The van der Waals surface area contributed by atoms with Crippen molar-refractivity contribution in [2.75, 3.05) is 6.54 Å². The summed E-state index contributed by atoms with van der Waals surface area (Å²) in [5.74, 6) is -0.562. The van der Waals surface area contributed by atoms with Crippen molar-refractivity contribution in [2.24, 2.45) is 0 Å². The standard InChI is InChI=1S/C20H21N3O2/c1-3-12-22-19(24)14(2)23-20(25)18-11-7-6-10-17(18)16-9-5-4-8-15(16)13-21/h4-11,14H,3,12H2,1-2H3,(H,22,24)(H,23,25). The van der Waals surface area contributed by atoms with E-state index in [2.05, 4.69) is 16.7 Å². The van der Waals surface area contributed by atoms with Crippen LogP contribution in [0.15, 0.2) is 48.5 Å². The normalized spacial score (nSPS) is 11.2. The first-order chi connectivity index (χ1) is 12.1. The molecule has 2 rings (SSSR count). The number of hydrogen-bond acceptors (Lipinski definition) is 3. The molecule has 2 N–H and O–H groups in total. The van der Waals surface area contributed by atoms with Gasteiger partial charge < -0.3 is 10.6 Å². The summed E-state index contributed by atoms with van der Waals surface area (Å²) < 4.78 is 0. The first kappa shape index (κ1) is 18.2. The molecule has 128 valence electrons. The second-order valence-electron chi connectivity index (χ2n) is 5.69. The van der Waals surface area contributed by atoms with E-state index in [1.807, 2.05) is 25.1 Å². The van der Waals surface area contributed by atoms with E-state index in [4.69, 9.17) is 0 Å². The van der Waals surface area contributed by atoms with Crippen molar-refractivity contribution in [3.63, 3.8) is 0 Å². The molecule has 0 aliphatic heterocycles. The van der Waals surface area contributed by atoms with Crippen LogP contribution < -0.4 is 10.6 Å². The lowest BCUT2D eigenvalue weighted by Crippen LogP contribution is -2.45. The number of hydrogen-bond donors (Lipinski definition) is 2. The molecular weight excluding hydrogens is 314 g/mol. The van der Waals surface area contributed by atoms with Crippen molar-refractivity contribution in [2.45, 2.75) is 26.3 Å². The monoisotopic (exact) mass is 335 g/mol. The van der Waals surface area contributed by atoms with Gasteiger partial charge in [0.05, 0.1) is 11.6 Å². The summed E-state index contributed by atoms with van der Waals surface area (Å²) in [4.78, 5) is 24.6. The largest absolute Gasteiger partial charge is 0.354 e. The molecule has 5 heteroatoms. The smallest absolute Gasteiger partial charge is 0.252 e. The molecule has 25 heavy (non-hydrogen) atoms. The Morgan fingerprint density at radius 3 is 2.40 bits per heavy atom. The number of amides is 2. The lowest BCUT2D eigenvalue weighted by molar-refractivity contribution is -0.122. The van der Waals surface area contributed by atoms with Gasteiger partial charge in [0.25, 0.3) is 5.91 Å². The highest BCUT2D eigenvalue weighted by molar-refractivity contribution is 6.03. The number of nitrogens with zero attached hydrogens (tertiary/aromatic N) is 1. The SMILES string of the molecule is CCCNC(=O)C(C)NC(=O)c1ccccc1-c1ccccc1C#N. The highest BCUT2D eigenvalue weighted by Crippen LogP contribution is 2.26. The summed E-state index contributed by atoms with van der Waals surface area (Å²) in [6.45, 7) is 4.19. The minimum absolute atomic E-state index is 0.217. The Bertz CT molecular complexity index is 809. The zero-order valence-electron chi connectivity index (χ0n) is 14.4. The highest BCUT2D eigenvalue weighted by atomic mass is 16.2. The third-order valence-corrected chi connectivity index (χ3v) is 3.80. The summed E-state index contributed by atoms with van der Waals surface area (Å²) in [7, 11) is 0. The maximum absolute atomic E-state index is 12.7. The topological polar surface area (TPSA) is 82.0 Å². The predicted molar refractivity (Wildman–Crippen MR) is 96.8 cm³/mol. The fraction of sp³-hybridized carbons (Fsp3) is 0.250. The van der Waals surface area contributed by atoms with E-state index in [0.717, 1.165) is 6.42 Å². The van der Waals surface area contributed by atoms with E-state index in [-0.39, 0.29) is 11.8 Å². The third kappa shape index (κ3) is 4.45. The molecule has 0 radical (unpaired) electrons. The molecule has 5 nitrogen and oxygen atoms in total. The molecule has 0 fully saturated rings. The van der Waals surface area contributed by atoms with Gasteiger partial charge in [-0.25, -0.2) is 0 Å². The Morgan fingerprint density at radius 2 is 1.72 bits per heavy atom. The van der Waals surface area contributed by atoms with Crippen molar-refractivity contribution >= 4 is 11.8 Å². The Balaban J connectivity index is 2.27. The van der Waals surface area contributed by atoms with E-state index >= 15 is 0 Å². The van der Waals surface area contributed by atoms with Crippen molar-refractivity contribution in [1.29, 1.82) is 5.26 Å². The maximum atomic E-state index is 12.7. The van der Waals surface area contributed by atoms with Crippen LogP contribution in [0.25, 0.3) is 11.1 Å². The summed E-state index contributed by atoms with van der Waals surface area (Å²) >= 11 is 0. The van der Waals surface area contributed by atoms with E-state index in [9.17, 15) is 14.9 Å². The van der Waals surface area contributed by atoms with Crippen LogP contribution in [0.4, 0.5) is 0 Å². The predicted octanol–water partition coefficient (Wildman–Crippen LogP) is 2.87. The molecule has 2 aromatic carbocycles. The molecule has 0 saturated carbocycles. The van der Waals surface area contributed by atoms with Gasteiger partial charge in [0.15, 0.2) is 0 Å². The van der Waals surface area contributed by atoms with Crippen LogP contribution >= 0.6 is 0 Å². The average molecular weight is 335 g/mol. The number of nitriles is 1. The Kier molecular flexibility index (Phi) is 6.30. The van der Waals surface area contributed by atoms with Gasteiger partial charge in [0.2, 0.25) is 5.91 Å². The first-order valence-electron chi connectivity index (χ1n) is 8.25. The molecule has 0 heterocycles. The van der Waals surface area contributed by atoms with Crippen LogP contribution in [-0.4, -0.2) is 24.4 Å². The molecule has 0 spiro atoms. The van der Waals surface area contributed by atoms with E-state index in [0.29, 0.717) is 28.8 Å². The molecule has 0 saturated heterocycles. The van der Waals surface area contributed by atoms with Crippen molar-refractivity contribution in [3.8, 4) is 17.2 Å². The van der Waals surface area contributed by atoms with Gasteiger partial charge in [-0.2, -0.15) is 5.26 Å². The minimum atomic E-state index is -0.640.